The summed E-state index contributed by atoms with van der Waals surface area (Å²) in [7, 11) is -3.09. The molecule has 0 atom stereocenters. The molecule has 1 aromatic heterocycles. The highest BCUT2D eigenvalue weighted by atomic mass is 32.2. The molecule has 0 unspecified atom stereocenters. The maximum absolute atomic E-state index is 11.6. The van der Waals surface area contributed by atoms with Crippen molar-refractivity contribution >= 4 is 15.5 Å². The molecule has 0 aliphatic rings. The molecule has 18 heavy (non-hydrogen) atoms. The van der Waals surface area contributed by atoms with Gasteiger partial charge in [-0.1, -0.05) is 6.92 Å². The molecule has 0 aliphatic carbocycles. The van der Waals surface area contributed by atoms with Crippen LogP contribution in [0.25, 0.3) is 0 Å². The molecule has 0 fully saturated rings. The predicted molar refractivity (Wildman–Crippen MR) is 70.4 cm³/mol. The summed E-state index contributed by atoms with van der Waals surface area (Å²) in [5.74, 6) is -0.0100. The van der Waals surface area contributed by atoms with Crippen molar-refractivity contribution in [2.75, 3.05) is 29.9 Å². The molecule has 1 aromatic rings. The van der Waals surface area contributed by atoms with Crippen LogP contribution in [0.3, 0.4) is 0 Å². The molecule has 0 amide bonds. The maximum atomic E-state index is 11.6. The molecule has 0 aromatic carbocycles. The first-order valence-electron chi connectivity index (χ1n) is 5.70. The second kappa shape index (κ2) is 6.50. The third kappa shape index (κ3) is 4.46. The third-order valence-corrected chi connectivity index (χ3v) is 4.08. The van der Waals surface area contributed by atoms with Gasteiger partial charge in [-0.25, -0.2) is 13.1 Å². The van der Waals surface area contributed by atoms with Crippen LogP contribution in [-0.2, 0) is 16.4 Å². The zero-order chi connectivity index (χ0) is 13.6. The number of nitrogens with one attached hydrogen (secondary N) is 1. The Bertz CT molecular complexity index is 538. The van der Waals surface area contributed by atoms with Crippen LogP contribution in [0.5, 0.6) is 0 Å². The van der Waals surface area contributed by atoms with Crippen molar-refractivity contribution in [1.29, 1.82) is 0 Å². The Morgan fingerprint density at radius 1 is 1.50 bits per heavy atom. The van der Waals surface area contributed by atoms with E-state index >= 15 is 0 Å². The number of nitrogens with two attached hydrogens (primary N) is 1. The molecule has 0 spiro atoms. The van der Waals surface area contributed by atoms with Gasteiger partial charge >= 0.3 is 0 Å². The first-order chi connectivity index (χ1) is 8.48. The van der Waals surface area contributed by atoms with E-state index in [1.54, 1.807) is 6.92 Å². The van der Waals surface area contributed by atoms with Crippen molar-refractivity contribution in [3.05, 3.63) is 22.6 Å². The topological polar surface area (TPSA) is 107 Å². The number of aromatic nitrogens is 2. The lowest BCUT2D eigenvalue weighted by molar-refractivity contribution is 0.572. The summed E-state index contributed by atoms with van der Waals surface area (Å²) < 4.78 is 23.8. The summed E-state index contributed by atoms with van der Waals surface area (Å²) in [6.07, 6.45) is 1.48. The highest BCUT2D eigenvalue weighted by molar-refractivity contribution is 7.91. The van der Waals surface area contributed by atoms with Crippen LogP contribution in [0.15, 0.2) is 17.1 Å². The number of nitrogens with zero attached hydrogens (tertiary/aromatic N) is 2. The Balaban J connectivity index is 2.71. The number of aryl methyl sites for hydroxylation is 1. The third-order valence-electron chi connectivity index (χ3n) is 2.40. The summed E-state index contributed by atoms with van der Waals surface area (Å²) in [5.41, 5.74) is 5.58. The molecule has 102 valence electrons. The summed E-state index contributed by atoms with van der Waals surface area (Å²) >= 11 is 0. The van der Waals surface area contributed by atoms with Crippen LogP contribution in [0.2, 0.25) is 0 Å². The minimum Gasteiger partial charge on any atom is -0.382 e. The first-order valence-corrected chi connectivity index (χ1v) is 7.52. The van der Waals surface area contributed by atoms with Gasteiger partial charge in [0.05, 0.1) is 24.2 Å². The van der Waals surface area contributed by atoms with Gasteiger partial charge in [-0.15, -0.1) is 0 Å². The summed E-state index contributed by atoms with van der Waals surface area (Å²) in [6, 6.07) is 1.38. The monoisotopic (exact) mass is 274 g/mol. The van der Waals surface area contributed by atoms with Crippen LogP contribution >= 0.6 is 0 Å². The molecule has 0 aliphatic heterocycles. The van der Waals surface area contributed by atoms with Gasteiger partial charge in [0.15, 0.2) is 9.84 Å². The molecule has 0 radical (unpaired) electrons. The number of hydrogen-bond donors (Lipinski definition) is 2. The van der Waals surface area contributed by atoms with Crippen LogP contribution in [0.4, 0.5) is 5.69 Å². The molecular weight excluding hydrogens is 256 g/mol. The smallest absolute Gasteiger partial charge is 0.268 e. The molecule has 0 saturated carbocycles. The van der Waals surface area contributed by atoms with E-state index in [-0.39, 0.29) is 23.6 Å². The lowest BCUT2D eigenvalue weighted by Gasteiger charge is -2.07. The van der Waals surface area contributed by atoms with Crippen molar-refractivity contribution in [1.82, 2.24) is 9.78 Å². The second-order valence-corrected chi connectivity index (χ2v) is 6.23. The zero-order valence-corrected chi connectivity index (χ0v) is 11.1. The van der Waals surface area contributed by atoms with Crippen molar-refractivity contribution in [3.63, 3.8) is 0 Å². The predicted octanol–water partition coefficient (Wildman–Crippen LogP) is -0.951. The Kier molecular flexibility index (Phi) is 5.29. The molecule has 0 saturated heterocycles. The van der Waals surface area contributed by atoms with E-state index in [0.717, 1.165) is 4.68 Å². The SMILES string of the molecule is CCS(=O)(=O)CCn1ncc(NCCN)cc1=O. The first kappa shape index (κ1) is 14.7. The number of hydrogen-bond acceptors (Lipinski definition) is 6. The highest BCUT2D eigenvalue weighted by Gasteiger charge is 2.08. The summed E-state index contributed by atoms with van der Waals surface area (Å²) in [4.78, 5) is 11.6. The Morgan fingerprint density at radius 2 is 2.22 bits per heavy atom. The van der Waals surface area contributed by atoms with E-state index in [4.69, 9.17) is 5.73 Å². The fourth-order valence-electron chi connectivity index (χ4n) is 1.28. The van der Waals surface area contributed by atoms with Gasteiger partial charge < -0.3 is 11.1 Å². The van der Waals surface area contributed by atoms with Gasteiger partial charge in [-0.2, -0.15) is 5.10 Å². The molecule has 8 heteroatoms. The van der Waals surface area contributed by atoms with Gasteiger partial charge in [0.25, 0.3) is 5.56 Å². The maximum Gasteiger partial charge on any atom is 0.268 e. The summed E-state index contributed by atoms with van der Waals surface area (Å²) in [5, 5.41) is 6.83. The number of anilines is 1. The quantitative estimate of drug-likeness (QED) is 0.664. The Hall–Kier alpha value is -1.41. The average molecular weight is 274 g/mol. The van der Waals surface area contributed by atoms with E-state index in [9.17, 15) is 13.2 Å². The highest BCUT2D eigenvalue weighted by Crippen LogP contribution is 1.98. The standard InChI is InChI=1S/C10H18N4O3S/c1-2-18(16,17)6-5-14-10(15)7-9(8-13-14)12-4-3-11/h7-8,12H,2-6,11H2,1H3. The molecule has 0 bridgehead atoms. The van der Waals surface area contributed by atoms with E-state index in [2.05, 4.69) is 10.4 Å². The van der Waals surface area contributed by atoms with Gasteiger partial charge in [0, 0.05) is 24.9 Å². The van der Waals surface area contributed by atoms with E-state index in [0.29, 0.717) is 18.8 Å². The van der Waals surface area contributed by atoms with Crippen LogP contribution < -0.4 is 16.6 Å². The van der Waals surface area contributed by atoms with Gasteiger partial charge in [-0.05, 0) is 0 Å². The van der Waals surface area contributed by atoms with Crippen molar-refractivity contribution in [2.24, 2.45) is 5.73 Å². The van der Waals surface area contributed by atoms with E-state index < -0.39 is 9.84 Å². The molecular formula is C10H18N4O3S. The molecule has 1 heterocycles. The minimum atomic E-state index is -3.09. The van der Waals surface area contributed by atoms with Crippen molar-refractivity contribution in [2.45, 2.75) is 13.5 Å². The van der Waals surface area contributed by atoms with Crippen LogP contribution in [-0.4, -0.2) is 42.8 Å². The largest absolute Gasteiger partial charge is 0.382 e. The average Bonchev–Trinajstić information content (AvgIpc) is 2.35. The van der Waals surface area contributed by atoms with Gasteiger partial charge in [0.1, 0.15) is 0 Å². The Morgan fingerprint density at radius 3 is 2.78 bits per heavy atom. The van der Waals surface area contributed by atoms with Gasteiger partial charge in [0.2, 0.25) is 0 Å². The Labute approximate surface area is 106 Å². The van der Waals surface area contributed by atoms with Crippen molar-refractivity contribution < 1.29 is 8.42 Å². The minimum absolute atomic E-state index is 0.0674. The van der Waals surface area contributed by atoms with Crippen LogP contribution in [0, 0.1) is 0 Å². The van der Waals surface area contributed by atoms with Gasteiger partial charge in [-0.3, -0.25) is 4.79 Å². The zero-order valence-electron chi connectivity index (χ0n) is 10.3. The molecule has 7 nitrogen and oxygen atoms in total. The van der Waals surface area contributed by atoms with Crippen molar-refractivity contribution in [3.8, 4) is 0 Å². The van der Waals surface area contributed by atoms with Crippen LogP contribution in [0.1, 0.15) is 6.92 Å². The molecule has 1 rings (SSSR count). The number of sulfone groups is 1. The number of rotatable bonds is 7. The fraction of sp³-hybridized carbons (Fsp3) is 0.600. The lowest BCUT2D eigenvalue weighted by atomic mass is 10.4. The normalized spacial score (nSPS) is 11.4. The van der Waals surface area contributed by atoms with E-state index in [1.165, 1.54) is 12.3 Å². The summed E-state index contributed by atoms with van der Waals surface area (Å²) in [6.45, 7) is 2.66. The fourth-order valence-corrected chi connectivity index (χ4v) is 2.02. The lowest BCUT2D eigenvalue weighted by Crippen LogP contribution is -2.27. The molecule has 3 N–H and O–H groups in total. The second-order valence-electron chi connectivity index (χ2n) is 3.76. The van der Waals surface area contributed by atoms with E-state index in [1.807, 2.05) is 0 Å².